The maximum atomic E-state index is 13.8. The number of carbonyl (C=O) groups is 9. The summed E-state index contributed by atoms with van der Waals surface area (Å²) in [6.45, 7) is 5.12. The highest BCUT2D eigenvalue weighted by Crippen LogP contribution is 2.23. The Labute approximate surface area is 394 Å². The van der Waals surface area contributed by atoms with Crippen LogP contribution in [0.3, 0.4) is 0 Å². The minimum Gasteiger partial charge on any atom is -0.484 e. The third-order valence-electron chi connectivity index (χ3n) is 11.2. The van der Waals surface area contributed by atoms with Gasteiger partial charge in [-0.25, -0.2) is 4.79 Å². The predicted octanol–water partition coefficient (Wildman–Crippen LogP) is 0.250. The zero-order valence-electron chi connectivity index (χ0n) is 38.5. The van der Waals surface area contributed by atoms with Gasteiger partial charge >= 0.3 is 11.9 Å². The number of benzene rings is 3. The molecule has 6 atom stereocenters. The fourth-order valence-corrected chi connectivity index (χ4v) is 7.99. The van der Waals surface area contributed by atoms with Crippen molar-refractivity contribution >= 4 is 58.9 Å². The van der Waals surface area contributed by atoms with Gasteiger partial charge in [-0.3, -0.25) is 38.4 Å². The molecule has 2 aliphatic rings. The number of nitrogens with one attached hydrogen (secondary N) is 5. The fourth-order valence-electron chi connectivity index (χ4n) is 7.99. The molecule has 3 aromatic carbocycles. The van der Waals surface area contributed by atoms with Gasteiger partial charge in [-0.1, -0.05) is 66.7 Å². The molecule has 0 bridgehead atoms. The van der Waals surface area contributed by atoms with Crippen LogP contribution in [0, 0.1) is 0 Å². The van der Waals surface area contributed by atoms with Crippen LogP contribution in [0.4, 0.5) is 5.69 Å². The molecule has 8 amide bonds. The molecule has 20 nitrogen and oxygen atoms in total. The van der Waals surface area contributed by atoms with Gasteiger partial charge in [0.05, 0.1) is 19.6 Å². The highest BCUT2D eigenvalue weighted by molar-refractivity contribution is 6.32. The molecule has 0 aromatic heterocycles. The topological polar surface area (TPSA) is 285 Å². The molecule has 0 unspecified atom stereocenters. The van der Waals surface area contributed by atoms with Crippen molar-refractivity contribution < 1.29 is 57.7 Å². The Morgan fingerprint density at radius 3 is 1.94 bits per heavy atom. The van der Waals surface area contributed by atoms with E-state index in [1.807, 2.05) is 20.8 Å². The number of esters is 1. The van der Waals surface area contributed by atoms with Crippen molar-refractivity contribution in [3.05, 3.63) is 96.1 Å². The fraction of sp³-hybridized carbons (Fsp3) is 0.438. The number of amides is 8. The van der Waals surface area contributed by atoms with E-state index in [1.54, 1.807) is 66.7 Å². The first-order valence-electron chi connectivity index (χ1n) is 22.3. The molecule has 0 saturated carbocycles. The molecule has 68 heavy (non-hydrogen) atoms. The third-order valence-corrected chi connectivity index (χ3v) is 11.2. The van der Waals surface area contributed by atoms with E-state index in [-0.39, 0.29) is 49.7 Å². The van der Waals surface area contributed by atoms with Crippen LogP contribution in [0.5, 0.6) is 5.75 Å². The van der Waals surface area contributed by atoms with Crippen molar-refractivity contribution in [2.75, 3.05) is 32.1 Å². The van der Waals surface area contributed by atoms with E-state index in [0.717, 1.165) is 17.6 Å². The van der Waals surface area contributed by atoms with Crippen LogP contribution in [0.1, 0.15) is 64.0 Å². The Balaban J connectivity index is 1.24. The van der Waals surface area contributed by atoms with Gasteiger partial charge in [0.1, 0.15) is 29.9 Å². The number of methoxy groups -OCH3 is 1. The molecule has 20 heteroatoms. The Bertz CT molecular complexity index is 2310. The zero-order chi connectivity index (χ0) is 49.5. The first kappa shape index (κ1) is 51.6. The number of primary amides is 1. The summed E-state index contributed by atoms with van der Waals surface area (Å²) in [6.07, 6.45) is -0.801. The molecule has 3 aromatic rings. The molecular weight excluding hydrogens is 881 g/mol. The molecular formula is C48H60N8O12. The quantitative estimate of drug-likeness (QED) is 0.0630. The van der Waals surface area contributed by atoms with Crippen LogP contribution >= 0.6 is 0 Å². The summed E-state index contributed by atoms with van der Waals surface area (Å²) < 4.78 is 10.2. The summed E-state index contributed by atoms with van der Waals surface area (Å²) in [6, 6.07) is 17.8. The van der Waals surface area contributed by atoms with E-state index in [4.69, 9.17) is 10.5 Å². The monoisotopic (exact) mass is 940 g/mol. The molecule has 2 fully saturated rings. The highest BCUT2D eigenvalue weighted by atomic mass is 16.5. The first-order chi connectivity index (χ1) is 32.3. The van der Waals surface area contributed by atoms with Gasteiger partial charge in [0.25, 0.3) is 11.8 Å². The minimum absolute atomic E-state index is 0.0318. The SMILES string of the molecule is COC(=O)C(=O)N1CCC[C@H]1C(=O)N[C@H](Cc1ccccc1)C(=O)Nc1cccc(OCC(=O)N[C@@H](CC(N)=O)C(=O)N[C@@H](Cc2ccccc2)[C@H](O)C(=O)N2CCC[C@H]2C(=O)NC(C)(C)C)c1. The van der Waals surface area contributed by atoms with Gasteiger partial charge < -0.3 is 56.7 Å². The lowest BCUT2D eigenvalue weighted by molar-refractivity contribution is -0.159. The molecule has 2 saturated heterocycles. The van der Waals surface area contributed by atoms with Crippen LogP contribution in [0.25, 0.3) is 0 Å². The Morgan fingerprint density at radius 2 is 1.34 bits per heavy atom. The minimum atomic E-state index is -1.82. The smallest absolute Gasteiger partial charge is 0.396 e. The molecule has 0 radical (unpaired) electrons. The Morgan fingerprint density at radius 1 is 0.735 bits per heavy atom. The van der Waals surface area contributed by atoms with Crippen molar-refractivity contribution in [3.8, 4) is 5.75 Å². The van der Waals surface area contributed by atoms with E-state index in [2.05, 4.69) is 31.3 Å². The summed E-state index contributed by atoms with van der Waals surface area (Å²) in [4.78, 5) is 121. The van der Waals surface area contributed by atoms with Gasteiger partial charge in [-0.15, -0.1) is 0 Å². The van der Waals surface area contributed by atoms with Crippen molar-refractivity contribution in [1.82, 2.24) is 31.1 Å². The average molecular weight is 941 g/mol. The normalized spacial score (nSPS) is 17.4. The second-order valence-corrected chi connectivity index (χ2v) is 17.7. The number of nitrogens with zero attached hydrogens (tertiary/aromatic N) is 2. The maximum absolute atomic E-state index is 13.8. The molecule has 2 aliphatic heterocycles. The highest BCUT2D eigenvalue weighted by Gasteiger charge is 2.42. The second kappa shape index (κ2) is 23.9. The number of aliphatic hydroxyl groups is 1. The number of rotatable bonds is 19. The third kappa shape index (κ3) is 14.8. The summed E-state index contributed by atoms with van der Waals surface area (Å²) in [5, 5.41) is 24.9. The van der Waals surface area contributed by atoms with E-state index in [9.17, 15) is 48.3 Å². The summed E-state index contributed by atoms with van der Waals surface area (Å²) in [5.41, 5.74) is 6.51. The number of likely N-dealkylation sites (tertiary alicyclic amines) is 2. The van der Waals surface area contributed by atoms with Gasteiger partial charge in [-0.2, -0.15) is 0 Å². The van der Waals surface area contributed by atoms with Gasteiger partial charge in [0, 0.05) is 36.8 Å². The van der Waals surface area contributed by atoms with E-state index in [1.165, 1.54) is 23.1 Å². The largest absolute Gasteiger partial charge is 0.484 e. The Kier molecular flexibility index (Phi) is 18.1. The maximum Gasteiger partial charge on any atom is 0.396 e. The number of anilines is 1. The summed E-state index contributed by atoms with van der Waals surface area (Å²) in [7, 11) is 1.07. The molecule has 5 rings (SSSR count). The number of nitrogens with two attached hydrogens (primary N) is 1. The Hall–Kier alpha value is -7.35. The van der Waals surface area contributed by atoms with E-state index in [0.29, 0.717) is 24.8 Å². The van der Waals surface area contributed by atoms with Crippen molar-refractivity contribution in [1.29, 1.82) is 0 Å². The predicted molar refractivity (Wildman–Crippen MR) is 246 cm³/mol. The molecule has 0 spiro atoms. The molecule has 0 aliphatic carbocycles. The summed E-state index contributed by atoms with van der Waals surface area (Å²) >= 11 is 0. The molecule has 8 N–H and O–H groups in total. The van der Waals surface area contributed by atoms with E-state index >= 15 is 0 Å². The zero-order valence-corrected chi connectivity index (χ0v) is 38.5. The number of carbonyl (C=O) groups excluding carboxylic acids is 9. The first-order valence-corrected chi connectivity index (χ1v) is 22.3. The van der Waals surface area contributed by atoms with Crippen LogP contribution in [0.2, 0.25) is 0 Å². The summed E-state index contributed by atoms with van der Waals surface area (Å²) in [5.74, 6) is -7.06. The number of ether oxygens (including phenoxy) is 2. The lowest BCUT2D eigenvalue weighted by atomic mass is 9.99. The van der Waals surface area contributed by atoms with Gasteiger partial charge in [0.2, 0.25) is 29.5 Å². The standard InChI is InChI=1S/C48H60N8O12/c1-48(2,3)54-44(63)37-21-13-22-55(37)45(64)40(59)33(24-29-14-7-5-8-15-29)52-42(61)35(27-38(49)57)51-39(58)28-68-32-19-11-18-31(26-32)50-41(60)34(25-30-16-9-6-10-17-30)53-43(62)36-20-12-23-56(36)46(65)47(66)67-4/h5-11,14-19,26,33-37,40,59H,12-13,20-25,27-28H2,1-4H3,(H2,49,57)(H,50,60)(H,51,58)(H,52,61)(H,53,62)(H,54,63)/t33-,34+,35-,36-,37-,40-/m0/s1. The lowest BCUT2D eigenvalue weighted by Crippen LogP contribution is -2.59. The average Bonchev–Trinajstić information content (AvgIpc) is 4.01. The van der Waals surface area contributed by atoms with Crippen LogP contribution in [-0.4, -0.2) is 137 Å². The van der Waals surface area contributed by atoms with Crippen LogP contribution < -0.4 is 37.1 Å². The van der Waals surface area contributed by atoms with Crippen molar-refractivity contribution in [2.24, 2.45) is 5.73 Å². The number of aliphatic hydroxyl groups excluding tert-OH is 1. The van der Waals surface area contributed by atoms with E-state index < -0.39 is 102 Å². The lowest BCUT2D eigenvalue weighted by Gasteiger charge is -2.32. The van der Waals surface area contributed by atoms with Crippen molar-refractivity contribution in [3.63, 3.8) is 0 Å². The van der Waals surface area contributed by atoms with Crippen LogP contribution in [0.15, 0.2) is 84.9 Å². The molecule has 2 heterocycles. The number of hydrogen-bond donors (Lipinski definition) is 7. The second-order valence-electron chi connectivity index (χ2n) is 17.7. The molecule has 364 valence electrons. The number of hydrogen-bond acceptors (Lipinski definition) is 12. The van der Waals surface area contributed by atoms with Crippen LogP contribution in [-0.2, 0) is 60.7 Å². The van der Waals surface area contributed by atoms with Gasteiger partial charge in [0.15, 0.2) is 12.7 Å². The van der Waals surface area contributed by atoms with Gasteiger partial charge in [-0.05, 0) is 76.1 Å². The van der Waals surface area contributed by atoms with Crippen molar-refractivity contribution in [2.45, 2.75) is 108 Å².